The molecule has 0 radical (unpaired) electrons. The zero-order valence-electron chi connectivity index (χ0n) is 30.1. The predicted octanol–water partition coefficient (Wildman–Crippen LogP) is 12.9. The van der Waals surface area contributed by atoms with Crippen molar-refractivity contribution in [3.05, 3.63) is 188 Å². The van der Waals surface area contributed by atoms with E-state index in [1.807, 2.05) is 0 Å². The Kier molecular flexibility index (Phi) is 6.56. The lowest BCUT2D eigenvalue weighted by Gasteiger charge is -2.15. The summed E-state index contributed by atoms with van der Waals surface area (Å²) in [5.74, 6) is 1.79. The van der Waals surface area contributed by atoms with Gasteiger partial charge in [-0.25, -0.2) is 4.98 Å². The maximum absolute atomic E-state index is 5.38. The van der Waals surface area contributed by atoms with Gasteiger partial charge in [0.2, 0.25) is 5.95 Å². The van der Waals surface area contributed by atoms with Gasteiger partial charge in [0, 0.05) is 32.7 Å². The van der Waals surface area contributed by atoms with E-state index >= 15 is 0 Å². The molecule has 0 bridgehead atoms. The fraction of sp³-hybridized carbons (Fsp3) is 0. The number of fused-ring (bicyclic) bond motifs is 12. The summed E-state index contributed by atoms with van der Waals surface area (Å²) in [6.45, 7) is 0. The van der Waals surface area contributed by atoms with Crippen molar-refractivity contribution in [2.75, 3.05) is 0 Å². The van der Waals surface area contributed by atoms with Crippen LogP contribution in [0.2, 0.25) is 0 Å². The molecule has 0 N–H and O–H groups in total. The van der Waals surface area contributed by atoms with E-state index in [0.717, 1.165) is 49.7 Å². The van der Waals surface area contributed by atoms with Crippen LogP contribution in [0, 0.1) is 0 Å². The fourth-order valence-corrected chi connectivity index (χ4v) is 8.94. The van der Waals surface area contributed by atoms with Crippen molar-refractivity contribution in [3.63, 3.8) is 0 Å². The number of benzene rings is 9. The van der Waals surface area contributed by atoms with Crippen molar-refractivity contribution in [1.82, 2.24) is 24.1 Å². The Hall–Kier alpha value is -7.63. The smallest absolute Gasteiger partial charge is 0.238 e. The van der Waals surface area contributed by atoms with Gasteiger partial charge in [0.05, 0.1) is 27.8 Å². The molecule has 0 fully saturated rings. The van der Waals surface area contributed by atoms with Crippen LogP contribution in [-0.4, -0.2) is 24.1 Å². The second kappa shape index (κ2) is 11.9. The first-order valence-corrected chi connectivity index (χ1v) is 19.0. The molecule has 9 aromatic carbocycles. The Morgan fingerprint density at radius 3 is 1.21 bits per heavy atom. The molecule has 12 rings (SSSR count). The van der Waals surface area contributed by atoms with E-state index in [2.05, 4.69) is 197 Å². The molecule has 12 aromatic rings. The lowest BCUT2D eigenvalue weighted by Crippen LogP contribution is -2.07. The highest BCUT2D eigenvalue weighted by atomic mass is 15.2. The number of para-hydroxylation sites is 5. The van der Waals surface area contributed by atoms with Crippen LogP contribution in [0.25, 0.3) is 110 Å². The lowest BCUT2D eigenvalue weighted by atomic mass is 9.93. The maximum atomic E-state index is 5.38. The fourth-order valence-electron chi connectivity index (χ4n) is 8.94. The van der Waals surface area contributed by atoms with Crippen LogP contribution in [0.4, 0.5) is 0 Å². The second-order valence-corrected chi connectivity index (χ2v) is 14.4. The number of nitrogens with zero attached hydrogens (tertiary/aromatic N) is 5. The zero-order chi connectivity index (χ0) is 36.7. The van der Waals surface area contributed by atoms with Gasteiger partial charge in [-0.3, -0.25) is 4.57 Å². The van der Waals surface area contributed by atoms with Crippen LogP contribution in [0.3, 0.4) is 0 Å². The van der Waals surface area contributed by atoms with E-state index in [-0.39, 0.29) is 0 Å². The molecular formula is C51H31N5. The third-order valence-electron chi connectivity index (χ3n) is 11.4. The molecule has 3 aromatic heterocycles. The van der Waals surface area contributed by atoms with Crippen molar-refractivity contribution in [2.45, 2.75) is 0 Å². The van der Waals surface area contributed by atoms with Crippen LogP contribution in [-0.2, 0) is 0 Å². The predicted molar refractivity (Wildman–Crippen MR) is 232 cm³/mol. The van der Waals surface area contributed by atoms with E-state index in [1.165, 1.54) is 43.1 Å². The summed E-state index contributed by atoms with van der Waals surface area (Å²) in [4.78, 5) is 16.1. The Labute approximate surface area is 321 Å². The number of aromatic nitrogens is 5. The van der Waals surface area contributed by atoms with E-state index in [0.29, 0.717) is 17.6 Å². The van der Waals surface area contributed by atoms with Crippen LogP contribution in [0.15, 0.2) is 188 Å². The van der Waals surface area contributed by atoms with Gasteiger partial charge in [-0.1, -0.05) is 146 Å². The Morgan fingerprint density at radius 1 is 0.286 bits per heavy atom. The van der Waals surface area contributed by atoms with Gasteiger partial charge in [0.25, 0.3) is 0 Å². The second-order valence-electron chi connectivity index (χ2n) is 14.4. The molecule has 0 unspecified atom stereocenters. The highest BCUT2D eigenvalue weighted by molar-refractivity contribution is 6.25. The van der Waals surface area contributed by atoms with Crippen molar-refractivity contribution < 1.29 is 0 Å². The van der Waals surface area contributed by atoms with E-state index in [4.69, 9.17) is 15.0 Å². The van der Waals surface area contributed by atoms with Crippen LogP contribution >= 0.6 is 0 Å². The van der Waals surface area contributed by atoms with Gasteiger partial charge in [0.1, 0.15) is 0 Å². The first-order valence-electron chi connectivity index (χ1n) is 19.0. The molecule has 3 heterocycles. The third-order valence-corrected chi connectivity index (χ3v) is 11.4. The molecule has 0 spiro atoms. The number of hydrogen-bond acceptors (Lipinski definition) is 3. The average Bonchev–Trinajstić information content (AvgIpc) is 3.79. The Bertz CT molecular complexity index is 3410. The Morgan fingerprint density at radius 2 is 0.679 bits per heavy atom. The van der Waals surface area contributed by atoms with Gasteiger partial charge in [-0.2, -0.15) is 9.97 Å². The summed E-state index contributed by atoms with van der Waals surface area (Å²) in [6.07, 6.45) is 0. The minimum Gasteiger partial charge on any atom is -0.309 e. The van der Waals surface area contributed by atoms with Crippen LogP contribution in [0.1, 0.15) is 0 Å². The molecule has 0 saturated carbocycles. The summed E-state index contributed by atoms with van der Waals surface area (Å²) < 4.78 is 4.53. The molecular weight excluding hydrogens is 683 g/mol. The Balaban J connectivity index is 1.17. The molecule has 0 amide bonds. The summed E-state index contributed by atoms with van der Waals surface area (Å²) in [6, 6.07) is 66.7. The van der Waals surface area contributed by atoms with Gasteiger partial charge >= 0.3 is 0 Å². The summed E-state index contributed by atoms with van der Waals surface area (Å²) in [7, 11) is 0. The summed E-state index contributed by atoms with van der Waals surface area (Å²) in [5, 5.41) is 12.0. The van der Waals surface area contributed by atoms with Gasteiger partial charge in [-0.15, -0.1) is 0 Å². The van der Waals surface area contributed by atoms with Gasteiger partial charge < -0.3 is 4.57 Å². The molecule has 5 heteroatoms. The van der Waals surface area contributed by atoms with Crippen molar-refractivity contribution in [1.29, 1.82) is 0 Å². The van der Waals surface area contributed by atoms with E-state index in [9.17, 15) is 0 Å². The van der Waals surface area contributed by atoms with E-state index < -0.39 is 0 Å². The van der Waals surface area contributed by atoms with E-state index in [1.54, 1.807) is 0 Å². The van der Waals surface area contributed by atoms with Crippen molar-refractivity contribution in [2.24, 2.45) is 0 Å². The quantitative estimate of drug-likeness (QED) is 0.171. The first kappa shape index (κ1) is 30.8. The van der Waals surface area contributed by atoms with Gasteiger partial charge in [0.15, 0.2) is 11.6 Å². The third kappa shape index (κ3) is 4.46. The van der Waals surface area contributed by atoms with Gasteiger partial charge in [-0.05, 0) is 74.8 Å². The minimum atomic E-state index is 0.572. The maximum Gasteiger partial charge on any atom is 0.238 e. The monoisotopic (exact) mass is 713 g/mol. The molecule has 0 aliphatic heterocycles. The molecule has 0 aliphatic carbocycles. The van der Waals surface area contributed by atoms with Crippen molar-refractivity contribution >= 4 is 75.9 Å². The minimum absolute atomic E-state index is 0.572. The molecule has 56 heavy (non-hydrogen) atoms. The molecule has 5 nitrogen and oxygen atoms in total. The first-order chi connectivity index (χ1) is 27.8. The topological polar surface area (TPSA) is 48.5 Å². The SMILES string of the molecule is c1ccc(-n2c3ccccc3c3ccccc32)c(-c2nc(-c3ccc4c5ccccc5c5ccccc5c4c3)nc(-n3c4ccccc4c4ccccc43)n2)c1. The van der Waals surface area contributed by atoms with Crippen LogP contribution in [0.5, 0.6) is 0 Å². The molecule has 0 atom stereocenters. The molecule has 0 aliphatic rings. The lowest BCUT2D eigenvalue weighted by molar-refractivity contribution is 0.952. The molecule has 0 saturated heterocycles. The standard InChI is InChI=1S/C51H31N5/c1-2-17-35-33(15-1)34-16-3-4-18-36(34)43-31-32(29-30-37(35)43)49-52-50(54-51(53-49)56-46-26-12-7-21-40(46)41-22-8-13-27-47(41)56)42-23-9-14-28-48(42)55-44-24-10-5-19-38(44)39-20-6-11-25-45(39)55/h1-31H. The van der Waals surface area contributed by atoms with Crippen molar-refractivity contribution in [3.8, 4) is 34.4 Å². The molecule has 260 valence electrons. The number of rotatable bonds is 4. The summed E-state index contributed by atoms with van der Waals surface area (Å²) >= 11 is 0. The highest BCUT2D eigenvalue weighted by Gasteiger charge is 2.21. The average molecular weight is 714 g/mol. The highest BCUT2D eigenvalue weighted by Crippen LogP contribution is 2.39. The van der Waals surface area contributed by atoms with Crippen LogP contribution < -0.4 is 0 Å². The zero-order valence-corrected chi connectivity index (χ0v) is 30.1. The largest absolute Gasteiger partial charge is 0.309 e. The normalized spacial score (nSPS) is 11.9. The number of hydrogen-bond donors (Lipinski definition) is 0. The summed E-state index contributed by atoms with van der Waals surface area (Å²) in [5.41, 5.74) is 7.20.